The Kier molecular flexibility index (Phi) is 5.05. The Morgan fingerprint density at radius 2 is 1.90 bits per heavy atom. The summed E-state index contributed by atoms with van der Waals surface area (Å²) in [5, 5.41) is 0. The molecule has 5 heteroatoms. The summed E-state index contributed by atoms with van der Waals surface area (Å²) in [6.45, 7) is 0.183. The van der Waals surface area contributed by atoms with E-state index in [1.807, 2.05) is 0 Å². The van der Waals surface area contributed by atoms with Gasteiger partial charge in [-0.1, -0.05) is 31.4 Å². The van der Waals surface area contributed by atoms with Crippen molar-refractivity contribution in [3.8, 4) is 0 Å². The van der Waals surface area contributed by atoms with Crippen molar-refractivity contribution in [2.45, 2.75) is 57.0 Å². The van der Waals surface area contributed by atoms with E-state index in [2.05, 4.69) is 0 Å². The third-order valence-electron chi connectivity index (χ3n) is 3.72. The molecule has 0 heterocycles. The third kappa shape index (κ3) is 4.21. The molecule has 1 fully saturated rings. The molecule has 1 saturated carbocycles. The fourth-order valence-electron chi connectivity index (χ4n) is 2.55. The van der Waals surface area contributed by atoms with Gasteiger partial charge in [0.05, 0.1) is 18.3 Å². The van der Waals surface area contributed by atoms with Gasteiger partial charge in [-0.25, -0.2) is 0 Å². The maximum atomic E-state index is 12.6. The number of ether oxygens (including phenoxy) is 1. The van der Waals surface area contributed by atoms with Crippen molar-refractivity contribution < 1.29 is 17.9 Å². The first-order valence-corrected chi connectivity index (χ1v) is 7.00. The largest absolute Gasteiger partial charge is 0.416 e. The van der Waals surface area contributed by atoms with E-state index >= 15 is 0 Å². The normalized spacial score (nSPS) is 24.4. The van der Waals surface area contributed by atoms with Crippen molar-refractivity contribution in [3.63, 3.8) is 0 Å². The van der Waals surface area contributed by atoms with Crippen LogP contribution in [0.4, 0.5) is 13.2 Å². The van der Waals surface area contributed by atoms with Crippen LogP contribution in [0, 0.1) is 0 Å². The average molecular weight is 287 g/mol. The van der Waals surface area contributed by atoms with Crippen LogP contribution in [-0.4, -0.2) is 12.1 Å². The van der Waals surface area contributed by atoms with Crippen molar-refractivity contribution in [1.29, 1.82) is 0 Å². The first-order chi connectivity index (χ1) is 9.47. The Morgan fingerprint density at radius 1 is 1.15 bits per heavy atom. The minimum Gasteiger partial charge on any atom is -0.372 e. The van der Waals surface area contributed by atoms with E-state index in [1.165, 1.54) is 6.07 Å². The molecular formula is C15H20F3NO. The molecule has 2 N–H and O–H groups in total. The van der Waals surface area contributed by atoms with Crippen LogP contribution in [0.1, 0.15) is 43.2 Å². The lowest BCUT2D eigenvalue weighted by Gasteiger charge is -2.22. The Morgan fingerprint density at radius 3 is 2.65 bits per heavy atom. The van der Waals surface area contributed by atoms with Crippen LogP contribution in [0.15, 0.2) is 24.3 Å². The minimum absolute atomic E-state index is 0.0108. The number of halogens is 3. The van der Waals surface area contributed by atoms with Gasteiger partial charge < -0.3 is 10.5 Å². The van der Waals surface area contributed by atoms with E-state index in [-0.39, 0.29) is 18.8 Å². The van der Waals surface area contributed by atoms with Gasteiger partial charge in [-0.05, 0) is 30.5 Å². The highest BCUT2D eigenvalue weighted by molar-refractivity contribution is 5.25. The zero-order chi connectivity index (χ0) is 14.6. The minimum atomic E-state index is -4.31. The Labute approximate surface area is 117 Å². The van der Waals surface area contributed by atoms with Gasteiger partial charge in [-0.3, -0.25) is 0 Å². The van der Waals surface area contributed by atoms with Gasteiger partial charge in [0.25, 0.3) is 0 Å². The van der Waals surface area contributed by atoms with Crippen molar-refractivity contribution in [2.75, 3.05) is 0 Å². The summed E-state index contributed by atoms with van der Waals surface area (Å²) in [5.41, 5.74) is 5.94. The Balaban J connectivity index is 1.96. The lowest BCUT2D eigenvalue weighted by Crippen LogP contribution is -2.35. The molecule has 1 aromatic carbocycles. The zero-order valence-corrected chi connectivity index (χ0v) is 11.3. The molecule has 0 bridgehead atoms. The van der Waals surface area contributed by atoms with E-state index < -0.39 is 11.7 Å². The molecule has 2 nitrogen and oxygen atoms in total. The number of alkyl halides is 3. The molecule has 1 aliphatic rings. The maximum absolute atomic E-state index is 12.6. The summed E-state index contributed by atoms with van der Waals surface area (Å²) in [6, 6.07) is 5.26. The Bertz CT molecular complexity index is 433. The standard InChI is InChI=1S/C15H20F3NO/c16-15(17,18)12-6-4-5-11(9-12)10-20-14-8-3-1-2-7-13(14)19/h4-6,9,13-14H,1-3,7-8,10,19H2. The second kappa shape index (κ2) is 6.59. The summed E-state index contributed by atoms with van der Waals surface area (Å²) >= 11 is 0. The second-order valence-electron chi connectivity index (χ2n) is 5.35. The van der Waals surface area contributed by atoms with Crippen LogP contribution in [-0.2, 0) is 17.5 Å². The molecule has 2 atom stereocenters. The monoisotopic (exact) mass is 287 g/mol. The molecule has 0 aliphatic heterocycles. The van der Waals surface area contributed by atoms with Crippen molar-refractivity contribution >= 4 is 0 Å². The first kappa shape index (κ1) is 15.3. The van der Waals surface area contributed by atoms with Gasteiger partial charge in [-0.2, -0.15) is 13.2 Å². The zero-order valence-electron chi connectivity index (χ0n) is 11.3. The molecule has 1 aromatic rings. The summed E-state index contributed by atoms with van der Waals surface area (Å²) < 4.78 is 43.6. The smallest absolute Gasteiger partial charge is 0.372 e. The Hall–Kier alpha value is -1.07. The van der Waals surface area contributed by atoms with E-state index in [9.17, 15) is 13.2 Å². The summed E-state index contributed by atoms with van der Waals surface area (Å²) in [6.07, 6.45) is 0.775. The molecule has 2 rings (SSSR count). The molecule has 1 aliphatic carbocycles. The van der Waals surface area contributed by atoms with Crippen LogP contribution >= 0.6 is 0 Å². The molecule has 0 radical (unpaired) electrons. The molecule has 112 valence electrons. The topological polar surface area (TPSA) is 35.2 Å². The molecule has 0 spiro atoms. The molecular weight excluding hydrogens is 267 g/mol. The third-order valence-corrected chi connectivity index (χ3v) is 3.72. The number of nitrogens with two attached hydrogens (primary N) is 1. The number of benzene rings is 1. The van der Waals surface area contributed by atoms with Crippen molar-refractivity contribution in [3.05, 3.63) is 35.4 Å². The molecule has 0 saturated heterocycles. The van der Waals surface area contributed by atoms with Crippen LogP contribution in [0.5, 0.6) is 0 Å². The van der Waals surface area contributed by atoms with Crippen molar-refractivity contribution in [2.24, 2.45) is 5.73 Å². The highest BCUT2D eigenvalue weighted by Crippen LogP contribution is 2.30. The van der Waals surface area contributed by atoms with Crippen LogP contribution in [0.3, 0.4) is 0 Å². The predicted octanol–water partition coefficient (Wildman–Crippen LogP) is 3.88. The number of hydrogen-bond donors (Lipinski definition) is 1. The lowest BCUT2D eigenvalue weighted by molar-refractivity contribution is -0.137. The molecule has 0 aromatic heterocycles. The molecule has 2 unspecified atom stereocenters. The van der Waals surface area contributed by atoms with Gasteiger partial charge in [0.15, 0.2) is 0 Å². The summed E-state index contributed by atoms with van der Waals surface area (Å²) in [4.78, 5) is 0. The van der Waals surface area contributed by atoms with Gasteiger partial charge in [0.2, 0.25) is 0 Å². The van der Waals surface area contributed by atoms with Crippen LogP contribution < -0.4 is 5.73 Å². The average Bonchev–Trinajstić information content (AvgIpc) is 2.60. The molecule has 20 heavy (non-hydrogen) atoms. The number of rotatable bonds is 3. The number of hydrogen-bond acceptors (Lipinski definition) is 2. The van der Waals surface area contributed by atoms with Crippen LogP contribution in [0.2, 0.25) is 0 Å². The van der Waals surface area contributed by atoms with Gasteiger partial charge in [0, 0.05) is 6.04 Å². The van der Waals surface area contributed by atoms with E-state index in [0.717, 1.165) is 44.2 Å². The molecule has 0 amide bonds. The van der Waals surface area contributed by atoms with Gasteiger partial charge >= 0.3 is 6.18 Å². The van der Waals surface area contributed by atoms with Gasteiger partial charge in [0.1, 0.15) is 0 Å². The van der Waals surface area contributed by atoms with E-state index in [4.69, 9.17) is 10.5 Å². The predicted molar refractivity (Wildman–Crippen MR) is 71.1 cm³/mol. The van der Waals surface area contributed by atoms with Crippen molar-refractivity contribution in [1.82, 2.24) is 0 Å². The SMILES string of the molecule is NC1CCCCCC1OCc1cccc(C(F)(F)F)c1. The summed E-state index contributed by atoms with van der Waals surface area (Å²) in [7, 11) is 0. The second-order valence-corrected chi connectivity index (χ2v) is 5.35. The quantitative estimate of drug-likeness (QED) is 0.856. The van der Waals surface area contributed by atoms with Gasteiger partial charge in [-0.15, -0.1) is 0 Å². The van der Waals surface area contributed by atoms with E-state index in [1.54, 1.807) is 6.07 Å². The highest BCUT2D eigenvalue weighted by Gasteiger charge is 2.30. The highest BCUT2D eigenvalue weighted by atomic mass is 19.4. The first-order valence-electron chi connectivity index (χ1n) is 7.00. The lowest BCUT2D eigenvalue weighted by atomic mass is 10.1. The fourth-order valence-corrected chi connectivity index (χ4v) is 2.55. The maximum Gasteiger partial charge on any atom is 0.416 e. The fraction of sp³-hybridized carbons (Fsp3) is 0.600. The van der Waals surface area contributed by atoms with E-state index in [0.29, 0.717) is 5.56 Å². The summed E-state index contributed by atoms with van der Waals surface area (Å²) in [5.74, 6) is 0. The van der Waals surface area contributed by atoms with Crippen LogP contribution in [0.25, 0.3) is 0 Å².